The summed E-state index contributed by atoms with van der Waals surface area (Å²) in [6.07, 6.45) is 1.63. The van der Waals surface area contributed by atoms with Gasteiger partial charge in [-0.2, -0.15) is 0 Å². The first-order valence-electron chi connectivity index (χ1n) is 5.85. The highest BCUT2D eigenvalue weighted by molar-refractivity contribution is 5.95. The molecule has 0 saturated carbocycles. The second kappa shape index (κ2) is 4.31. The van der Waals surface area contributed by atoms with Crippen LogP contribution in [0.3, 0.4) is 0 Å². The Balaban J connectivity index is 2.27. The van der Waals surface area contributed by atoms with Crippen molar-refractivity contribution >= 4 is 11.7 Å². The monoisotopic (exact) mass is 235 g/mol. The van der Waals surface area contributed by atoms with Gasteiger partial charge >= 0.3 is 0 Å². The van der Waals surface area contributed by atoms with Crippen LogP contribution in [0, 0.1) is 5.92 Å². The molecule has 0 aliphatic carbocycles. The van der Waals surface area contributed by atoms with E-state index in [9.17, 15) is 9.59 Å². The van der Waals surface area contributed by atoms with E-state index in [1.807, 2.05) is 18.4 Å². The number of carbonyl (C=O) groups is 2. The molecule has 0 bridgehead atoms. The number of nitrogens with zero attached hydrogens (tertiary/aromatic N) is 3. The van der Waals surface area contributed by atoms with Crippen LogP contribution >= 0.6 is 0 Å². The van der Waals surface area contributed by atoms with Crippen molar-refractivity contribution in [3.8, 4) is 0 Å². The fraction of sp³-hybridized carbons (Fsp3) is 0.583. The zero-order chi connectivity index (χ0) is 12.6. The molecule has 0 fully saturated rings. The molecule has 0 aromatic carbocycles. The van der Waals surface area contributed by atoms with E-state index in [-0.39, 0.29) is 17.6 Å². The Morgan fingerprint density at radius 1 is 1.35 bits per heavy atom. The Kier molecular flexibility index (Phi) is 3.00. The fourth-order valence-corrected chi connectivity index (χ4v) is 2.02. The van der Waals surface area contributed by atoms with Crippen LogP contribution in [0.1, 0.15) is 37.1 Å². The van der Waals surface area contributed by atoms with Crippen molar-refractivity contribution in [1.82, 2.24) is 14.5 Å². The van der Waals surface area contributed by atoms with Crippen LogP contribution in [-0.2, 0) is 17.9 Å². The molecule has 0 spiro atoms. The van der Waals surface area contributed by atoms with Crippen LogP contribution in [0.5, 0.6) is 0 Å². The third-order valence-electron chi connectivity index (χ3n) is 3.09. The van der Waals surface area contributed by atoms with E-state index in [1.54, 1.807) is 18.0 Å². The van der Waals surface area contributed by atoms with E-state index in [4.69, 9.17) is 0 Å². The van der Waals surface area contributed by atoms with Crippen molar-refractivity contribution in [1.29, 1.82) is 0 Å². The van der Waals surface area contributed by atoms with Gasteiger partial charge in [0.1, 0.15) is 11.5 Å². The van der Waals surface area contributed by atoms with Gasteiger partial charge in [0.25, 0.3) is 0 Å². The first kappa shape index (κ1) is 11.8. The Hall–Kier alpha value is -1.65. The van der Waals surface area contributed by atoms with Crippen molar-refractivity contribution in [3.63, 3.8) is 0 Å². The maximum Gasteiger partial charge on any atom is 0.219 e. The second-order valence-electron chi connectivity index (χ2n) is 4.67. The number of fused-ring (bicyclic) bond motifs is 1. The number of aromatic nitrogens is 2. The predicted octanol–water partition coefficient (Wildman–Crippen LogP) is 1.08. The molecule has 0 saturated heterocycles. The number of amides is 1. The molecule has 0 N–H and O–H groups in total. The van der Waals surface area contributed by atoms with E-state index >= 15 is 0 Å². The number of imidazole rings is 1. The Morgan fingerprint density at radius 2 is 2.06 bits per heavy atom. The van der Waals surface area contributed by atoms with Gasteiger partial charge in [-0.25, -0.2) is 4.98 Å². The summed E-state index contributed by atoms with van der Waals surface area (Å²) in [6, 6.07) is 0. The normalized spacial score (nSPS) is 14.9. The molecule has 2 rings (SSSR count). The highest BCUT2D eigenvalue weighted by Crippen LogP contribution is 2.17. The van der Waals surface area contributed by atoms with Gasteiger partial charge in [-0.3, -0.25) is 9.59 Å². The predicted molar refractivity (Wildman–Crippen MR) is 62.5 cm³/mol. The van der Waals surface area contributed by atoms with Crippen molar-refractivity contribution in [3.05, 3.63) is 17.7 Å². The minimum absolute atomic E-state index is 0.0263. The molecular weight excluding hydrogens is 218 g/mol. The van der Waals surface area contributed by atoms with Crippen LogP contribution in [0.15, 0.2) is 6.20 Å². The third kappa shape index (κ3) is 2.09. The lowest BCUT2D eigenvalue weighted by atomic mass is 10.1. The summed E-state index contributed by atoms with van der Waals surface area (Å²) in [4.78, 5) is 29.2. The molecular formula is C12H17N3O2. The molecule has 0 atom stereocenters. The summed E-state index contributed by atoms with van der Waals surface area (Å²) >= 11 is 0. The van der Waals surface area contributed by atoms with Crippen LogP contribution in [0.4, 0.5) is 0 Å². The quantitative estimate of drug-likeness (QED) is 0.721. The van der Waals surface area contributed by atoms with Gasteiger partial charge < -0.3 is 9.47 Å². The molecule has 1 aromatic heterocycles. The average molecular weight is 235 g/mol. The maximum absolute atomic E-state index is 12.0. The minimum atomic E-state index is -0.0263. The third-order valence-corrected chi connectivity index (χ3v) is 3.09. The van der Waals surface area contributed by atoms with Crippen molar-refractivity contribution in [2.75, 3.05) is 6.54 Å². The number of hydrogen-bond donors (Lipinski definition) is 0. The molecule has 92 valence electrons. The lowest BCUT2D eigenvalue weighted by molar-refractivity contribution is -0.130. The van der Waals surface area contributed by atoms with Crippen LogP contribution < -0.4 is 0 Å². The maximum atomic E-state index is 12.0. The molecule has 1 aliphatic rings. The van der Waals surface area contributed by atoms with Gasteiger partial charge in [0, 0.05) is 25.9 Å². The van der Waals surface area contributed by atoms with Gasteiger partial charge in [0.05, 0.1) is 12.7 Å². The largest absolute Gasteiger partial charge is 0.334 e. The van der Waals surface area contributed by atoms with Gasteiger partial charge in [-0.05, 0) is 0 Å². The number of hydrogen-bond acceptors (Lipinski definition) is 3. The van der Waals surface area contributed by atoms with E-state index in [0.29, 0.717) is 25.3 Å². The Bertz CT molecular complexity index is 462. The zero-order valence-corrected chi connectivity index (χ0v) is 10.4. The molecule has 1 aromatic rings. The van der Waals surface area contributed by atoms with Gasteiger partial charge in [-0.1, -0.05) is 13.8 Å². The first-order chi connectivity index (χ1) is 8.00. The summed E-state index contributed by atoms with van der Waals surface area (Å²) in [6.45, 7) is 7.12. The molecule has 1 aliphatic heterocycles. The number of ketones is 1. The SMILES string of the molecule is CC(=O)N1CCn2c(C(=O)C(C)C)cnc2C1. The Morgan fingerprint density at radius 3 is 2.65 bits per heavy atom. The van der Waals surface area contributed by atoms with Gasteiger partial charge in [0.15, 0.2) is 5.78 Å². The van der Waals surface area contributed by atoms with Crippen LogP contribution in [0.2, 0.25) is 0 Å². The molecule has 5 nitrogen and oxygen atoms in total. The molecule has 2 heterocycles. The van der Waals surface area contributed by atoms with Gasteiger partial charge in [-0.15, -0.1) is 0 Å². The fourth-order valence-electron chi connectivity index (χ4n) is 2.02. The van der Waals surface area contributed by atoms with E-state index in [0.717, 1.165) is 5.82 Å². The first-order valence-corrected chi connectivity index (χ1v) is 5.85. The molecule has 0 unspecified atom stereocenters. The van der Waals surface area contributed by atoms with Crippen molar-refractivity contribution < 1.29 is 9.59 Å². The van der Waals surface area contributed by atoms with Crippen molar-refractivity contribution in [2.24, 2.45) is 5.92 Å². The summed E-state index contributed by atoms with van der Waals surface area (Å²) in [7, 11) is 0. The standard InChI is InChI=1S/C12H17N3O2/c1-8(2)12(17)10-6-13-11-7-14(9(3)16)4-5-15(10)11/h6,8H,4-5,7H2,1-3H3. The van der Waals surface area contributed by atoms with E-state index in [2.05, 4.69) is 4.98 Å². The van der Waals surface area contributed by atoms with E-state index in [1.165, 1.54) is 0 Å². The summed E-state index contributed by atoms with van der Waals surface area (Å²) < 4.78 is 1.93. The minimum Gasteiger partial charge on any atom is -0.334 e. The molecule has 0 radical (unpaired) electrons. The Labute approximate surface area is 100 Å². The smallest absolute Gasteiger partial charge is 0.219 e. The summed E-state index contributed by atoms with van der Waals surface area (Å²) in [5.74, 6) is 0.938. The lowest BCUT2D eigenvalue weighted by Crippen LogP contribution is -2.37. The molecule has 1 amide bonds. The van der Waals surface area contributed by atoms with Crippen LogP contribution in [0.25, 0.3) is 0 Å². The molecule has 5 heteroatoms. The zero-order valence-electron chi connectivity index (χ0n) is 10.4. The second-order valence-corrected chi connectivity index (χ2v) is 4.67. The number of Topliss-reactive ketones (excluding diaryl/α,β-unsaturated/α-hetero) is 1. The molecule has 17 heavy (non-hydrogen) atoms. The average Bonchev–Trinajstić information content (AvgIpc) is 2.70. The van der Waals surface area contributed by atoms with Crippen LogP contribution in [-0.4, -0.2) is 32.7 Å². The van der Waals surface area contributed by atoms with Crippen molar-refractivity contribution in [2.45, 2.75) is 33.9 Å². The highest BCUT2D eigenvalue weighted by atomic mass is 16.2. The number of rotatable bonds is 2. The number of carbonyl (C=O) groups excluding carboxylic acids is 2. The topological polar surface area (TPSA) is 55.2 Å². The highest BCUT2D eigenvalue weighted by Gasteiger charge is 2.24. The summed E-state index contributed by atoms with van der Waals surface area (Å²) in [5, 5.41) is 0. The summed E-state index contributed by atoms with van der Waals surface area (Å²) in [5.41, 5.74) is 0.665. The lowest BCUT2D eigenvalue weighted by Gasteiger charge is -2.27. The van der Waals surface area contributed by atoms with Gasteiger partial charge in [0.2, 0.25) is 5.91 Å². The van der Waals surface area contributed by atoms with E-state index < -0.39 is 0 Å².